The highest BCUT2D eigenvalue weighted by atomic mass is 16.1. The van der Waals surface area contributed by atoms with E-state index in [1.807, 2.05) is 37.3 Å². The molecule has 0 fully saturated rings. The first kappa shape index (κ1) is 18.5. The number of nitrogens with zero attached hydrogens (tertiary/aromatic N) is 5. The predicted molar refractivity (Wildman–Crippen MR) is 117 cm³/mol. The molecule has 0 unspecified atom stereocenters. The zero-order valence-electron chi connectivity index (χ0n) is 17.0. The molecule has 4 heterocycles. The third-order valence-corrected chi connectivity index (χ3v) is 5.64. The molecule has 0 bridgehead atoms. The second-order valence-corrected chi connectivity index (χ2v) is 7.78. The van der Waals surface area contributed by atoms with Gasteiger partial charge in [-0.2, -0.15) is 0 Å². The van der Waals surface area contributed by atoms with Gasteiger partial charge in [0.2, 0.25) is 0 Å². The van der Waals surface area contributed by atoms with Crippen LogP contribution in [0.15, 0.2) is 53.3 Å². The summed E-state index contributed by atoms with van der Waals surface area (Å²) in [5, 5.41) is 12.3. The van der Waals surface area contributed by atoms with Gasteiger partial charge in [0.15, 0.2) is 5.82 Å². The largest absolute Gasteiger partial charge is 0.379 e. The van der Waals surface area contributed by atoms with E-state index in [0.717, 1.165) is 41.6 Å². The number of fused-ring (bicyclic) bond motifs is 2. The second kappa shape index (κ2) is 7.74. The molecular formula is C23H24N6O. The van der Waals surface area contributed by atoms with Crippen molar-refractivity contribution in [3.63, 3.8) is 0 Å². The van der Waals surface area contributed by atoms with Crippen molar-refractivity contribution < 1.29 is 0 Å². The third-order valence-electron chi connectivity index (χ3n) is 5.64. The van der Waals surface area contributed by atoms with Gasteiger partial charge < -0.3 is 9.88 Å². The summed E-state index contributed by atoms with van der Waals surface area (Å²) < 4.78 is 3.88. The summed E-state index contributed by atoms with van der Waals surface area (Å²) in [6.07, 6.45) is 4.58. The van der Waals surface area contributed by atoms with Gasteiger partial charge in [0.25, 0.3) is 5.56 Å². The molecule has 0 aliphatic carbocycles. The lowest BCUT2D eigenvalue weighted by Gasteiger charge is -2.11. The first-order valence-corrected chi connectivity index (χ1v) is 10.4. The molecule has 0 atom stereocenters. The van der Waals surface area contributed by atoms with Gasteiger partial charge in [-0.05, 0) is 44.0 Å². The molecule has 5 rings (SSSR count). The Morgan fingerprint density at radius 1 is 1.03 bits per heavy atom. The van der Waals surface area contributed by atoms with E-state index in [-0.39, 0.29) is 5.56 Å². The highest BCUT2D eigenvalue weighted by Crippen LogP contribution is 2.25. The number of hydrogen-bond donors (Lipinski definition) is 1. The molecule has 4 aromatic rings. The summed E-state index contributed by atoms with van der Waals surface area (Å²) in [4.78, 5) is 17.1. The first-order chi connectivity index (χ1) is 14.7. The van der Waals surface area contributed by atoms with Crippen LogP contribution in [0.2, 0.25) is 0 Å². The topological polar surface area (TPSA) is 77.1 Å². The summed E-state index contributed by atoms with van der Waals surface area (Å²) in [5.74, 6) is 2.00. The van der Waals surface area contributed by atoms with Gasteiger partial charge in [-0.15, -0.1) is 10.2 Å². The number of benzene rings is 1. The van der Waals surface area contributed by atoms with Crippen molar-refractivity contribution in [3.8, 4) is 11.4 Å². The van der Waals surface area contributed by atoms with Crippen LogP contribution in [0.5, 0.6) is 0 Å². The SMILES string of the molecule is Cc1cccc2nc(CNc3cccc(-c4nnc5n4CCCCC5)c3)cc(=O)n12. The Morgan fingerprint density at radius 2 is 1.93 bits per heavy atom. The zero-order valence-corrected chi connectivity index (χ0v) is 17.0. The molecule has 30 heavy (non-hydrogen) atoms. The number of aryl methyl sites for hydroxylation is 2. The van der Waals surface area contributed by atoms with Crippen molar-refractivity contribution in [3.05, 3.63) is 76.1 Å². The van der Waals surface area contributed by atoms with E-state index in [4.69, 9.17) is 0 Å². The van der Waals surface area contributed by atoms with Crippen LogP contribution < -0.4 is 10.9 Å². The van der Waals surface area contributed by atoms with Crippen molar-refractivity contribution in [2.45, 2.75) is 45.7 Å². The summed E-state index contributed by atoms with van der Waals surface area (Å²) >= 11 is 0. The molecule has 0 saturated heterocycles. The number of aromatic nitrogens is 5. The standard InChI is InChI=1S/C23H24N6O/c1-16-7-5-11-20-25-19(14-22(30)29(16)20)15-24-18-9-6-8-17(13-18)23-27-26-21-10-3-2-4-12-28(21)23/h5-9,11,13-14,24H,2-4,10,12,15H2,1H3. The van der Waals surface area contributed by atoms with Crippen LogP contribution in [0.25, 0.3) is 17.0 Å². The molecular weight excluding hydrogens is 376 g/mol. The van der Waals surface area contributed by atoms with Gasteiger partial charge in [0.05, 0.1) is 12.2 Å². The van der Waals surface area contributed by atoms with Crippen molar-refractivity contribution in [1.29, 1.82) is 0 Å². The molecule has 1 aromatic carbocycles. The van der Waals surface area contributed by atoms with Gasteiger partial charge in [-0.25, -0.2) is 4.98 Å². The van der Waals surface area contributed by atoms with Gasteiger partial charge >= 0.3 is 0 Å². The van der Waals surface area contributed by atoms with Crippen LogP contribution in [-0.2, 0) is 19.5 Å². The minimum Gasteiger partial charge on any atom is -0.379 e. The molecule has 0 saturated carbocycles. The maximum absolute atomic E-state index is 12.5. The van der Waals surface area contributed by atoms with Gasteiger partial charge in [0, 0.05) is 36.0 Å². The zero-order chi connectivity index (χ0) is 20.5. The van der Waals surface area contributed by atoms with Crippen LogP contribution in [0, 0.1) is 6.92 Å². The van der Waals surface area contributed by atoms with E-state index in [1.165, 1.54) is 19.3 Å². The molecule has 0 spiro atoms. The van der Waals surface area contributed by atoms with Crippen LogP contribution >= 0.6 is 0 Å². The van der Waals surface area contributed by atoms with E-state index < -0.39 is 0 Å². The Hall–Kier alpha value is -3.48. The van der Waals surface area contributed by atoms with Gasteiger partial charge in [-0.1, -0.05) is 24.6 Å². The van der Waals surface area contributed by atoms with Crippen molar-refractivity contribution in [2.75, 3.05) is 5.32 Å². The summed E-state index contributed by atoms with van der Waals surface area (Å²) in [5.41, 5.74) is 4.21. The van der Waals surface area contributed by atoms with Crippen molar-refractivity contribution in [2.24, 2.45) is 0 Å². The first-order valence-electron chi connectivity index (χ1n) is 10.4. The molecule has 152 valence electrons. The Kier molecular flexibility index (Phi) is 4.78. The van der Waals surface area contributed by atoms with Crippen LogP contribution in [0.1, 0.15) is 36.5 Å². The Balaban J connectivity index is 1.39. The van der Waals surface area contributed by atoms with Crippen molar-refractivity contribution >= 4 is 11.3 Å². The average molecular weight is 400 g/mol. The monoisotopic (exact) mass is 400 g/mol. The molecule has 7 nitrogen and oxygen atoms in total. The number of hydrogen-bond acceptors (Lipinski definition) is 5. The second-order valence-electron chi connectivity index (χ2n) is 7.78. The van der Waals surface area contributed by atoms with E-state index in [1.54, 1.807) is 10.5 Å². The number of rotatable bonds is 4. The smallest absolute Gasteiger partial charge is 0.258 e. The molecule has 7 heteroatoms. The molecule has 0 radical (unpaired) electrons. The van der Waals surface area contributed by atoms with E-state index >= 15 is 0 Å². The number of pyridine rings is 1. The van der Waals surface area contributed by atoms with Gasteiger partial charge in [-0.3, -0.25) is 9.20 Å². The predicted octanol–water partition coefficient (Wildman–Crippen LogP) is 3.60. The van der Waals surface area contributed by atoms with Crippen LogP contribution in [0.4, 0.5) is 5.69 Å². The Bertz CT molecular complexity index is 1270. The molecule has 3 aromatic heterocycles. The van der Waals surface area contributed by atoms with Crippen LogP contribution in [0.3, 0.4) is 0 Å². The lowest BCUT2D eigenvalue weighted by molar-refractivity contribution is 0.636. The average Bonchev–Trinajstić information content (AvgIpc) is 3.00. The molecule has 1 aliphatic heterocycles. The number of nitrogens with one attached hydrogen (secondary N) is 1. The Morgan fingerprint density at radius 3 is 2.87 bits per heavy atom. The van der Waals surface area contributed by atoms with E-state index in [2.05, 4.69) is 37.2 Å². The fraction of sp³-hybridized carbons (Fsp3) is 0.304. The lowest BCUT2D eigenvalue weighted by atomic mass is 10.2. The highest BCUT2D eigenvalue weighted by molar-refractivity contribution is 5.63. The maximum Gasteiger partial charge on any atom is 0.258 e. The van der Waals surface area contributed by atoms with Crippen molar-refractivity contribution in [1.82, 2.24) is 24.1 Å². The molecule has 1 N–H and O–H groups in total. The highest BCUT2D eigenvalue weighted by Gasteiger charge is 2.16. The maximum atomic E-state index is 12.5. The van der Waals surface area contributed by atoms with Crippen LogP contribution in [-0.4, -0.2) is 24.1 Å². The lowest BCUT2D eigenvalue weighted by Crippen LogP contribution is -2.18. The summed E-state index contributed by atoms with van der Waals surface area (Å²) in [7, 11) is 0. The normalized spacial score (nSPS) is 13.8. The third kappa shape index (κ3) is 3.47. The quantitative estimate of drug-likeness (QED) is 0.566. The van der Waals surface area contributed by atoms with E-state index in [0.29, 0.717) is 17.9 Å². The molecule has 1 aliphatic rings. The fourth-order valence-electron chi connectivity index (χ4n) is 4.11. The summed E-state index contributed by atoms with van der Waals surface area (Å²) in [6, 6.07) is 15.5. The molecule has 0 amide bonds. The van der Waals surface area contributed by atoms with Gasteiger partial charge in [0.1, 0.15) is 11.5 Å². The minimum absolute atomic E-state index is 0.0604. The summed E-state index contributed by atoms with van der Waals surface area (Å²) in [6.45, 7) is 3.35. The number of anilines is 1. The fourth-order valence-corrected chi connectivity index (χ4v) is 4.11. The Labute approximate surface area is 174 Å². The minimum atomic E-state index is -0.0604. The van der Waals surface area contributed by atoms with E-state index in [9.17, 15) is 4.79 Å².